The van der Waals surface area contributed by atoms with E-state index in [0.717, 1.165) is 23.3 Å². The summed E-state index contributed by atoms with van der Waals surface area (Å²) in [6, 6.07) is 1.91. The van der Waals surface area contributed by atoms with Crippen molar-refractivity contribution in [2.24, 2.45) is 5.73 Å². The Balaban J connectivity index is 2.66. The normalized spacial score (nSPS) is 13.2. The number of ketones is 1. The Hall–Kier alpha value is -1.55. The summed E-state index contributed by atoms with van der Waals surface area (Å²) in [5.41, 5.74) is 7.85. The standard InChI is InChI=1S/C12H15NO3/c1-7-5-10-8(3-4-16-10)11(9(14)6-13)12(7)15-2/h5H,3-4,6,13H2,1-2H3. The maximum absolute atomic E-state index is 11.8. The number of carbonyl (C=O) groups is 1. The molecule has 0 radical (unpaired) electrons. The van der Waals surface area contributed by atoms with Crippen molar-refractivity contribution in [2.45, 2.75) is 13.3 Å². The predicted octanol–water partition coefficient (Wildman–Crippen LogP) is 1.08. The Morgan fingerprint density at radius 1 is 1.62 bits per heavy atom. The highest BCUT2D eigenvalue weighted by Gasteiger charge is 2.25. The zero-order valence-corrected chi connectivity index (χ0v) is 9.50. The summed E-state index contributed by atoms with van der Waals surface area (Å²) in [5, 5.41) is 0. The summed E-state index contributed by atoms with van der Waals surface area (Å²) < 4.78 is 10.8. The molecule has 0 fully saturated rings. The molecule has 1 aliphatic rings. The molecule has 1 aromatic carbocycles. The monoisotopic (exact) mass is 221 g/mol. The Morgan fingerprint density at radius 2 is 2.38 bits per heavy atom. The second kappa shape index (κ2) is 4.14. The first kappa shape index (κ1) is 11.0. The summed E-state index contributed by atoms with van der Waals surface area (Å²) in [4.78, 5) is 11.8. The first-order valence-corrected chi connectivity index (χ1v) is 5.25. The van der Waals surface area contributed by atoms with Crippen LogP contribution in [0.25, 0.3) is 0 Å². The van der Waals surface area contributed by atoms with Crippen molar-refractivity contribution in [2.75, 3.05) is 20.3 Å². The highest BCUT2D eigenvalue weighted by Crippen LogP contribution is 2.37. The van der Waals surface area contributed by atoms with Crippen LogP contribution in [0.4, 0.5) is 0 Å². The van der Waals surface area contributed by atoms with Crippen molar-refractivity contribution in [1.82, 2.24) is 0 Å². The van der Waals surface area contributed by atoms with Gasteiger partial charge in [0, 0.05) is 12.0 Å². The van der Waals surface area contributed by atoms with Gasteiger partial charge in [-0.3, -0.25) is 4.79 Å². The van der Waals surface area contributed by atoms with Crippen molar-refractivity contribution in [3.05, 3.63) is 22.8 Å². The van der Waals surface area contributed by atoms with Crippen LogP contribution in [0.2, 0.25) is 0 Å². The molecule has 1 heterocycles. The number of hydrogen-bond donors (Lipinski definition) is 1. The lowest BCUT2D eigenvalue weighted by molar-refractivity contribution is 0.0997. The molecule has 16 heavy (non-hydrogen) atoms. The largest absolute Gasteiger partial charge is 0.496 e. The zero-order valence-electron chi connectivity index (χ0n) is 9.50. The molecule has 2 rings (SSSR count). The minimum Gasteiger partial charge on any atom is -0.496 e. The Bertz CT molecular complexity index is 437. The van der Waals surface area contributed by atoms with Gasteiger partial charge in [-0.2, -0.15) is 0 Å². The van der Waals surface area contributed by atoms with Crippen LogP contribution in [0.15, 0.2) is 6.07 Å². The third kappa shape index (κ3) is 1.55. The molecule has 86 valence electrons. The van der Waals surface area contributed by atoms with Gasteiger partial charge in [0.1, 0.15) is 11.5 Å². The van der Waals surface area contributed by atoms with Gasteiger partial charge in [-0.05, 0) is 18.6 Å². The van der Waals surface area contributed by atoms with Gasteiger partial charge in [0.05, 0.1) is 25.8 Å². The summed E-state index contributed by atoms with van der Waals surface area (Å²) in [6.07, 6.45) is 0.743. The molecule has 0 bridgehead atoms. The number of benzene rings is 1. The number of fused-ring (bicyclic) bond motifs is 1. The predicted molar refractivity (Wildman–Crippen MR) is 60.3 cm³/mol. The van der Waals surface area contributed by atoms with Gasteiger partial charge >= 0.3 is 0 Å². The average Bonchev–Trinajstić information content (AvgIpc) is 2.73. The third-order valence-corrected chi connectivity index (χ3v) is 2.81. The van der Waals surface area contributed by atoms with Gasteiger partial charge in [0.25, 0.3) is 0 Å². The number of nitrogens with two attached hydrogens (primary N) is 1. The van der Waals surface area contributed by atoms with E-state index < -0.39 is 0 Å². The number of methoxy groups -OCH3 is 1. The molecular weight excluding hydrogens is 206 g/mol. The summed E-state index contributed by atoms with van der Waals surface area (Å²) in [5.74, 6) is 1.32. The molecule has 2 N–H and O–H groups in total. The fraction of sp³-hybridized carbons (Fsp3) is 0.417. The van der Waals surface area contributed by atoms with Crippen molar-refractivity contribution in [3.8, 4) is 11.5 Å². The lowest BCUT2D eigenvalue weighted by Gasteiger charge is -2.13. The van der Waals surface area contributed by atoms with E-state index >= 15 is 0 Å². The van der Waals surface area contributed by atoms with E-state index in [4.69, 9.17) is 15.2 Å². The number of ether oxygens (including phenoxy) is 2. The van der Waals surface area contributed by atoms with E-state index in [1.54, 1.807) is 7.11 Å². The zero-order chi connectivity index (χ0) is 11.7. The lowest BCUT2D eigenvalue weighted by atomic mass is 9.97. The average molecular weight is 221 g/mol. The van der Waals surface area contributed by atoms with Crippen LogP contribution < -0.4 is 15.2 Å². The number of Topliss-reactive ketones (excluding diaryl/α,β-unsaturated/α-hetero) is 1. The molecule has 0 saturated carbocycles. The highest BCUT2D eigenvalue weighted by molar-refractivity contribution is 6.02. The van der Waals surface area contributed by atoms with Crippen LogP contribution in [-0.4, -0.2) is 26.0 Å². The first-order valence-electron chi connectivity index (χ1n) is 5.25. The van der Waals surface area contributed by atoms with E-state index in [-0.39, 0.29) is 12.3 Å². The fourth-order valence-electron chi connectivity index (χ4n) is 2.11. The molecule has 0 atom stereocenters. The number of rotatable bonds is 3. The summed E-state index contributed by atoms with van der Waals surface area (Å²) in [7, 11) is 1.57. The van der Waals surface area contributed by atoms with Crippen LogP contribution in [0.3, 0.4) is 0 Å². The van der Waals surface area contributed by atoms with Gasteiger partial charge in [-0.1, -0.05) is 0 Å². The van der Waals surface area contributed by atoms with E-state index in [9.17, 15) is 4.79 Å². The Labute approximate surface area is 94.3 Å². The van der Waals surface area contributed by atoms with Crippen LogP contribution in [-0.2, 0) is 6.42 Å². The maximum Gasteiger partial charge on any atom is 0.180 e. The number of hydrogen-bond acceptors (Lipinski definition) is 4. The SMILES string of the molecule is COc1c(C)cc2c(c1C(=O)CN)CCO2. The highest BCUT2D eigenvalue weighted by atomic mass is 16.5. The number of carbonyl (C=O) groups excluding carboxylic acids is 1. The number of aryl methyl sites for hydroxylation is 1. The first-order chi connectivity index (χ1) is 7.69. The minimum absolute atomic E-state index is 0.00769. The Kier molecular flexibility index (Phi) is 2.83. The molecule has 1 aliphatic heterocycles. The third-order valence-electron chi connectivity index (χ3n) is 2.81. The smallest absolute Gasteiger partial charge is 0.180 e. The van der Waals surface area contributed by atoms with Crippen molar-refractivity contribution < 1.29 is 14.3 Å². The molecule has 0 amide bonds. The minimum atomic E-state index is -0.0951. The summed E-state index contributed by atoms with van der Waals surface area (Å²) >= 11 is 0. The molecule has 4 nitrogen and oxygen atoms in total. The lowest BCUT2D eigenvalue weighted by Crippen LogP contribution is -2.16. The second-order valence-corrected chi connectivity index (χ2v) is 3.80. The van der Waals surface area contributed by atoms with E-state index in [1.807, 2.05) is 13.0 Å². The maximum atomic E-state index is 11.8. The van der Waals surface area contributed by atoms with Crippen LogP contribution >= 0.6 is 0 Å². The van der Waals surface area contributed by atoms with Gasteiger partial charge in [0.15, 0.2) is 5.78 Å². The van der Waals surface area contributed by atoms with E-state index in [1.165, 1.54) is 0 Å². The quantitative estimate of drug-likeness (QED) is 0.776. The van der Waals surface area contributed by atoms with E-state index in [2.05, 4.69) is 0 Å². The van der Waals surface area contributed by atoms with Gasteiger partial charge in [-0.25, -0.2) is 0 Å². The second-order valence-electron chi connectivity index (χ2n) is 3.80. The van der Waals surface area contributed by atoms with Gasteiger partial charge < -0.3 is 15.2 Å². The molecule has 0 saturated heterocycles. The van der Waals surface area contributed by atoms with Gasteiger partial charge in [-0.15, -0.1) is 0 Å². The summed E-state index contributed by atoms with van der Waals surface area (Å²) in [6.45, 7) is 2.51. The van der Waals surface area contributed by atoms with Crippen LogP contribution in [0.1, 0.15) is 21.5 Å². The Morgan fingerprint density at radius 3 is 3.00 bits per heavy atom. The molecule has 4 heteroatoms. The molecule has 0 spiro atoms. The fourth-order valence-corrected chi connectivity index (χ4v) is 2.11. The topological polar surface area (TPSA) is 61.5 Å². The van der Waals surface area contributed by atoms with Gasteiger partial charge in [0.2, 0.25) is 0 Å². The molecular formula is C12H15NO3. The van der Waals surface area contributed by atoms with Crippen LogP contribution in [0, 0.1) is 6.92 Å². The van der Waals surface area contributed by atoms with Crippen molar-refractivity contribution in [1.29, 1.82) is 0 Å². The molecule has 0 unspecified atom stereocenters. The molecule has 0 aliphatic carbocycles. The molecule has 0 aromatic heterocycles. The van der Waals surface area contributed by atoms with Crippen molar-refractivity contribution in [3.63, 3.8) is 0 Å². The molecule has 1 aromatic rings. The van der Waals surface area contributed by atoms with Crippen LogP contribution in [0.5, 0.6) is 11.5 Å². The van der Waals surface area contributed by atoms with E-state index in [0.29, 0.717) is 17.9 Å². The van der Waals surface area contributed by atoms with Crippen molar-refractivity contribution >= 4 is 5.78 Å².